The zero-order chi connectivity index (χ0) is 19.3. The van der Waals surface area contributed by atoms with Crippen LogP contribution in [-0.4, -0.2) is 25.2 Å². The molecule has 136 valence electrons. The van der Waals surface area contributed by atoms with Crippen LogP contribution in [0.2, 0.25) is 0 Å². The molecule has 2 rings (SSSR count). The number of carbonyl (C=O) groups excluding carboxylic acids is 2. The minimum Gasteiger partial charge on any atom is -0.463 e. The number of carbonyl (C=O) groups is 2. The molecule has 1 aromatic carbocycles. The lowest BCUT2D eigenvalue weighted by Gasteiger charge is -2.30. The summed E-state index contributed by atoms with van der Waals surface area (Å²) in [7, 11) is 0. The Kier molecular flexibility index (Phi) is 6.18. The summed E-state index contributed by atoms with van der Waals surface area (Å²) >= 11 is 0. The Bertz CT molecular complexity index is 773. The van der Waals surface area contributed by atoms with Gasteiger partial charge in [-0.1, -0.05) is 12.1 Å². The molecule has 0 saturated carbocycles. The number of ether oxygens (including phenoxy) is 2. The highest BCUT2D eigenvalue weighted by molar-refractivity contribution is 5.99. The molecule has 0 aromatic heterocycles. The van der Waals surface area contributed by atoms with E-state index in [-0.39, 0.29) is 13.2 Å². The van der Waals surface area contributed by atoms with Crippen LogP contribution in [0.5, 0.6) is 0 Å². The lowest BCUT2D eigenvalue weighted by molar-refractivity contribution is -0.139. The summed E-state index contributed by atoms with van der Waals surface area (Å²) in [5.74, 6) is -1.59. The second-order valence-electron chi connectivity index (χ2n) is 5.81. The molecule has 0 fully saturated rings. The highest BCUT2D eigenvalue weighted by atomic mass is 16.5. The molecule has 1 aliphatic rings. The molecule has 26 heavy (non-hydrogen) atoms. The summed E-state index contributed by atoms with van der Waals surface area (Å²) in [5, 5.41) is 12.1. The first-order valence-electron chi connectivity index (χ1n) is 8.47. The van der Waals surface area contributed by atoms with Gasteiger partial charge in [-0.2, -0.15) is 5.26 Å². The number of allylic oxidation sites excluding steroid dienone is 2. The second kappa shape index (κ2) is 8.34. The van der Waals surface area contributed by atoms with Crippen LogP contribution in [-0.2, 0) is 19.1 Å². The zero-order valence-electron chi connectivity index (χ0n) is 15.4. The van der Waals surface area contributed by atoms with Gasteiger partial charge in [0.25, 0.3) is 0 Å². The zero-order valence-corrected chi connectivity index (χ0v) is 15.4. The van der Waals surface area contributed by atoms with Crippen LogP contribution in [0.25, 0.3) is 0 Å². The molecule has 0 amide bonds. The molecular formula is C20H22N2O4. The minimum atomic E-state index is -0.623. The van der Waals surface area contributed by atoms with Gasteiger partial charge in [0, 0.05) is 11.4 Å². The predicted molar refractivity (Wildman–Crippen MR) is 95.7 cm³/mol. The quantitative estimate of drug-likeness (QED) is 0.818. The summed E-state index contributed by atoms with van der Waals surface area (Å²) in [6, 6.07) is 8.87. The molecule has 0 saturated heterocycles. The molecular weight excluding hydrogens is 332 g/mol. The number of esters is 2. The molecule has 0 radical (unpaired) electrons. The third-order valence-electron chi connectivity index (χ3n) is 4.12. The average molecular weight is 354 g/mol. The van der Waals surface area contributed by atoms with Gasteiger partial charge in [0.15, 0.2) is 0 Å². The van der Waals surface area contributed by atoms with E-state index in [2.05, 4.69) is 11.4 Å². The van der Waals surface area contributed by atoms with Gasteiger partial charge in [-0.15, -0.1) is 0 Å². The minimum absolute atomic E-state index is 0.229. The van der Waals surface area contributed by atoms with E-state index in [4.69, 9.17) is 14.7 Å². The van der Waals surface area contributed by atoms with E-state index in [1.54, 1.807) is 52.0 Å². The largest absolute Gasteiger partial charge is 0.463 e. The Morgan fingerprint density at radius 2 is 1.46 bits per heavy atom. The van der Waals surface area contributed by atoms with Crippen molar-refractivity contribution in [2.75, 3.05) is 13.2 Å². The number of dihydropyridines is 1. The van der Waals surface area contributed by atoms with Crippen molar-refractivity contribution in [3.8, 4) is 6.07 Å². The molecule has 0 aliphatic carbocycles. The standard InChI is InChI=1S/C20H22N2O4/c1-5-25-19(23)16-12(3)22-13(4)17(20(24)26-6-2)18(16)15-9-7-14(11-21)8-10-15/h7-10,18,22H,5-6H2,1-4H3. The van der Waals surface area contributed by atoms with Crippen molar-refractivity contribution < 1.29 is 19.1 Å². The maximum absolute atomic E-state index is 12.6. The number of benzene rings is 1. The van der Waals surface area contributed by atoms with Crippen molar-refractivity contribution >= 4 is 11.9 Å². The van der Waals surface area contributed by atoms with Crippen LogP contribution in [0.4, 0.5) is 0 Å². The van der Waals surface area contributed by atoms with Crippen molar-refractivity contribution in [2.24, 2.45) is 0 Å². The summed E-state index contributed by atoms with van der Waals surface area (Å²) in [4.78, 5) is 25.2. The van der Waals surface area contributed by atoms with E-state index >= 15 is 0 Å². The predicted octanol–water partition coefficient (Wildman–Crippen LogP) is 2.92. The van der Waals surface area contributed by atoms with Crippen molar-refractivity contribution in [2.45, 2.75) is 33.6 Å². The number of hydrogen-bond donors (Lipinski definition) is 1. The number of nitriles is 1. The van der Waals surface area contributed by atoms with Gasteiger partial charge >= 0.3 is 11.9 Å². The lowest BCUT2D eigenvalue weighted by atomic mass is 9.80. The molecule has 6 nitrogen and oxygen atoms in total. The fraction of sp³-hybridized carbons (Fsp3) is 0.350. The van der Waals surface area contributed by atoms with Gasteiger partial charge in [0.05, 0.1) is 41.9 Å². The van der Waals surface area contributed by atoms with Gasteiger partial charge in [-0.3, -0.25) is 0 Å². The number of nitrogens with zero attached hydrogens (tertiary/aromatic N) is 1. The lowest BCUT2D eigenvalue weighted by Crippen LogP contribution is -2.32. The normalized spacial score (nSPS) is 14.6. The summed E-state index contributed by atoms with van der Waals surface area (Å²) in [6.45, 7) is 7.46. The third-order valence-corrected chi connectivity index (χ3v) is 4.12. The fourth-order valence-corrected chi connectivity index (χ4v) is 3.04. The monoisotopic (exact) mass is 354 g/mol. The Morgan fingerprint density at radius 1 is 1.00 bits per heavy atom. The molecule has 1 N–H and O–H groups in total. The Balaban J connectivity index is 2.62. The van der Waals surface area contributed by atoms with Crippen LogP contribution in [0.15, 0.2) is 46.8 Å². The third kappa shape index (κ3) is 3.77. The van der Waals surface area contributed by atoms with Crippen LogP contribution in [0.3, 0.4) is 0 Å². The van der Waals surface area contributed by atoms with Crippen LogP contribution >= 0.6 is 0 Å². The molecule has 1 heterocycles. The van der Waals surface area contributed by atoms with Gasteiger partial charge in [0.1, 0.15) is 0 Å². The van der Waals surface area contributed by atoms with Crippen molar-refractivity contribution in [1.29, 1.82) is 5.26 Å². The van der Waals surface area contributed by atoms with Crippen molar-refractivity contribution in [3.05, 3.63) is 57.9 Å². The van der Waals surface area contributed by atoms with E-state index < -0.39 is 17.9 Å². The smallest absolute Gasteiger partial charge is 0.336 e. The first-order chi connectivity index (χ1) is 12.4. The maximum Gasteiger partial charge on any atom is 0.336 e. The molecule has 1 aromatic rings. The second-order valence-corrected chi connectivity index (χ2v) is 5.81. The Morgan fingerprint density at radius 3 is 1.85 bits per heavy atom. The molecule has 6 heteroatoms. The number of nitrogens with one attached hydrogen (secondary N) is 1. The van der Waals surface area contributed by atoms with Gasteiger partial charge in [-0.05, 0) is 45.4 Å². The van der Waals surface area contributed by atoms with E-state index in [1.807, 2.05) is 0 Å². The van der Waals surface area contributed by atoms with Crippen LogP contribution in [0.1, 0.15) is 44.7 Å². The Labute approximate surface area is 153 Å². The van der Waals surface area contributed by atoms with E-state index in [1.165, 1.54) is 0 Å². The summed E-state index contributed by atoms with van der Waals surface area (Å²) < 4.78 is 10.4. The molecule has 0 atom stereocenters. The Hall–Kier alpha value is -3.07. The number of hydrogen-bond acceptors (Lipinski definition) is 6. The summed E-state index contributed by atoms with van der Waals surface area (Å²) in [5.41, 5.74) is 3.21. The highest BCUT2D eigenvalue weighted by Gasteiger charge is 2.37. The van der Waals surface area contributed by atoms with Crippen molar-refractivity contribution in [3.63, 3.8) is 0 Å². The topological polar surface area (TPSA) is 88.4 Å². The van der Waals surface area contributed by atoms with E-state index in [0.29, 0.717) is 28.1 Å². The molecule has 0 bridgehead atoms. The first-order valence-corrected chi connectivity index (χ1v) is 8.47. The molecule has 0 unspecified atom stereocenters. The van der Waals surface area contributed by atoms with Crippen molar-refractivity contribution in [1.82, 2.24) is 5.32 Å². The van der Waals surface area contributed by atoms with Crippen LogP contribution < -0.4 is 5.32 Å². The van der Waals surface area contributed by atoms with E-state index in [0.717, 1.165) is 5.56 Å². The van der Waals surface area contributed by atoms with E-state index in [9.17, 15) is 9.59 Å². The average Bonchev–Trinajstić information content (AvgIpc) is 2.61. The van der Waals surface area contributed by atoms with Gasteiger partial charge in [0.2, 0.25) is 0 Å². The van der Waals surface area contributed by atoms with Gasteiger partial charge < -0.3 is 14.8 Å². The first kappa shape index (κ1) is 19.3. The summed E-state index contributed by atoms with van der Waals surface area (Å²) in [6.07, 6.45) is 0. The number of rotatable bonds is 5. The molecule has 1 aliphatic heterocycles. The van der Waals surface area contributed by atoms with Gasteiger partial charge in [-0.25, -0.2) is 9.59 Å². The maximum atomic E-state index is 12.6. The van der Waals surface area contributed by atoms with Crippen LogP contribution in [0, 0.1) is 11.3 Å². The fourth-order valence-electron chi connectivity index (χ4n) is 3.04. The molecule has 0 spiro atoms. The highest BCUT2D eigenvalue weighted by Crippen LogP contribution is 2.39. The SMILES string of the molecule is CCOC(=O)C1=C(C)NC(C)=C(C(=O)OCC)C1c1ccc(C#N)cc1.